The number of aromatic nitrogens is 3. The molecule has 96 valence electrons. The molecule has 0 aliphatic heterocycles. The van der Waals surface area contributed by atoms with Gasteiger partial charge in [0, 0.05) is 12.7 Å². The summed E-state index contributed by atoms with van der Waals surface area (Å²) in [5, 5.41) is 16.3. The third-order valence-electron chi connectivity index (χ3n) is 2.66. The predicted octanol–water partition coefficient (Wildman–Crippen LogP) is 1.89. The highest BCUT2D eigenvalue weighted by atomic mass is 16.4. The lowest BCUT2D eigenvalue weighted by atomic mass is 10.1. The number of aromatic carboxylic acids is 1. The highest BCUT2D eigenvalue weighted by Crippen LogP contribution is 2.13. The maximum absolute atomic E-state index is 11.0. The lowest BCUT2D eigenvalue weighted by molar-refractivity contribution is 0.0699. The summed E-state index contributed by atoms with van der Waals surface area (Å²) in [6.07, 6.45) is 3.94. The van der Waals surface area contributed by atoms with Crippen molar-refractivity contribution in [3.8, 4) is 0 Å². The number of carboxylic acid groups (broad SMARTS) is 1. The molecule has 0 unspecified atom stereocenters. The largest absolute Gasteiger partial charge is 0.477 e. The Morgan fingerprint density at radius 2 is 2.33 bits per heavy atom. The second kappa shape index (κ2) is 5.03. The zero-order valence-corrected chi connectivity index (χ0v) is 10.4. The summed E-state index contributed by atoms with van der Waals surface area (Å²) < 4.78 is 1.52. The van der Waals surface area contributed by atoms with Crippen LogP contribution in [0.25, 0.3) is 5.65 Å². The molecule has 6 nitrogen and oxygen atoms in total. The van der Waals surface area contributed by atoms with Gasteiger partial charge in [-0.05, 0) is 18.4 Å². The third kappa shape index (κ3) is 2.42. The number of fused-ring (bicyclic) bond motifs is 1. The Morgan fingerprint density at radius 3 is 3.00 bits per heavy atom. The van der Waals surface area contributed by atoms with Crippen LogP contribution in [0.2, 0.25) is 0 Å². The van der Waals surface area contributed by atoms with Crippen LogP contribution in [0.4, 0.5) is 5.82 Å². The molecular formula is C12H16N4O2. The van der Waals surface area contributed by atoms with E-state index in [0.29, 0.717) is 11.6 Å². The first-order chi connectivity index (χ1) is 8.59. The molecule has 0 saturated carbocycles. The number of nitrogens with one attached hydrogen (secondary N) is 1. The van der Waals surface area contributed by atoms with Gasteiger partial charge in [-0.3, -0.25) is 0 Å². The quantitative estimate of drug-likeness (QED) is 0.844. The average molecular weight is 248 g/mol. The molecule has 2 aromatic rings. The second-order valence-corrected chi connectivity index (χ2v) is 4.54. The summed E-state index contributed by atoms with van der Waals surface area (Å²) in [5.74, 6) is 0.354. The van der Waals surface area contributed by atoms with Crippen molar-refractivity contribution >= 4 is 17.4 Å². The first-order valence-corrected chi connectivity index (χ1v) is 5.89. The van der Waals surface area contributed by atoms with Crippen molar-refractivity contribution in [2.75, 3.05) is 11.9 Å². The Balaban J connectivity index is 2.26. The summed E-state index contributed by atoms with van der Waals surface area (Å²) in [5.41, 5.74) is 0.472. The van der Waals surface area contributed by atoms with Gasteiger partial charge in [0.15, 0.2) is 5.65 Å². The number of carbonyl (C=O) groups is 1. The Kier molecular flexibility index (Phi) is 3.45. The van der Waals surface area contributed by atoms with E-state index in [4.69, 9.17) is 5.11 Å². The van der Waals surface area contributed by atoms with Gasteiger partial charge in [-0.25, -0.2) is 9.78 Å². The number of nitrogens with zero attached hydrogens (tertiary/aromatic N) is 3. The predicted molar refractivity (Wildman–Crippen MR) is 67.9 cm³/mol. The van der Waals surface area contributed by atoms with Crippen LogP contribution in [0, 0.1) is 5.92 Å². The fraction of sp³-hybridized carbons (Fsp3) is 0.417. The number of rotatable bonds is 5. The molecule has 0 atom stereocenters. The topological polar surface area (TPSA) is 79.5 Å². The summed E-state index contributed by atoms with van der Waals surface area (Å²) in [7, 11) is 0. The molecule has 2 heterocycles. The number of carboxylic acids is 1. The van der Waals surface area contributed by atoms with E-state index < -0.39 is 5.97 Å². The van der Waals surface area contributed by atoms with Crippen LogP contribution in [0.5, 0.6) is 0 Å². The number of hydrogen-bond donors (Lipinski definition) is 2. The molecule has 0 amide bonds. The molecular weight excluding hydrogens is 232 g/mol. The third-order valence-corrected chi connectivity index (χ3v) is 2.66. The molecule has 0 aliphatic rings. The van der Waals surface area contributed by atoms with Gasteiger partial charge in [0.05, 0.1) is 6.20 Å². The lowest BCUT2D eigenvalue weighted by Gasteiger charge is -2.09. The van der Waals surface area contributed by atoms with Crippen LogP contribution in [-0.4, -0.2) is 32.2 Å². The minimum atomic E-state index is -1.02. The Hall–Kier alpha value is -2.11. The van der Waals surface area contributed by atoms with Crippen LogP contribution >= 0.6 is 0 Å². The normalized spacial score (nSPS) is 11.1. The molecule has 0 aromatic carbocycles. The van der Waals surface area contributed by atoms with Gasteiger partial charge >= 0.3 is 5.97 Å². The van der Waals surface area contributed by atoms with Crippen LogP contribution < -0.4 is 5.32 Å². The van der Waals surface area contributed by atoms with E-state index in [2.05, 4.69) is 29.2 Å². The zero-order chi connectivity index (χ0) is 13.1. The van der Waals surface area contributed by atoms with Crippen molar-refractivity contribution in [2.45, 2.75) is 20.3 Å². The van der Waals surface area contributed by atoms with Crippen LogP contribution in [0.3, 0.4) is 0 Å². The van der Waals surface area contributed by atoms with E-state index in [1.54, 1.807) is 12.3 Å². The minimum absolute atomic E-state index is 0.113. The van der Waals surface area contributed by atoms with Crippen molar-refractivity contribution in [1.29, 1.82) is 0 Å². The summed E-state index contributed by atoms with van der Waals surface area (Å²) in [6.45, 7) is 5.12. The number of hydrogen-bond acceptors (Lipinski definition) is 4. The van der Waals surface area contributed by atoms with E-state index in [9.17, 15) is 4.79 Å². The Bertz CT molecular complexity index is 562. The SMILES string of the molecule is CC(C)CCNc1ccnc2c(C(=O)O)cnn12. The van der Waals surface area contributed by atoms with Gasteiger partial charge in [-0.2, -0.15) is 9.61 Å². The van der Waals surface area contributed by atoms with Gasteiger partial charge < -0.3 is 10.4 Å². The fourth-order valence-corrected chi connectivity index (χ4v) is 1.67. The monoisotopic (exact) mass is 248 g/mol. The first kappa shape index (κ1) is 12.3. The van der Waals surface area contributed by atoms with Crippen molar-refractivity contribution in [3.05, 3.63) is 24.0 Å². The first-order valence-electron chi connectivity index (χ1n) is 5.89. The summed E-state index contributed by atoms with van der Waals surface area (Å²) in [6, 6.07) is 1.78. The molecule has 18 heavy (non-hydrogen) atoms. The molecule has 0 spiro atoms. The van der Waals surface area contributed by atoms with Gasteiger partial charge in [-0.1, -0.05) is 13.8 Å². The highest BCUT2D eigenvalue weighted by molar-refractivity contribution is 5.94. The van der Waals surface area contributed by atoms with Crippen molar-refractivity contribution in [1.82, 2.24) is 14.6 Å². The molecule has 6 heteroatoms. The van der Waals surface area contributed by atoms with Crippen molar-refractivity contribution in [3.63, 3.8) is 0 Å². The fourth-order valence-electron chi connectivity index (χ4n) is 1.67. The molecule has 0 saturated heterocycles. The van der Waals surface area contributed by atoms with Crippen LogP contribution in [-0.2, 0) is 0 Å². The molecule has 2 rings (SSSR count). The second-order valence-electron chi connectivity index (χ2n) is 4.54. The molecule has 2 aromatic heterocycles. The van der Waals surface area contributed by atoms with E-state index in [1.165, 1.54) is 10.7 Å². The highest BCUT2D eigenvalue weighted by Gasteiger charge is 2.13. The molecule has 0 bridgehead atoms. The zero-order valence-electron chi connectivity index (χ0n) is 10.4. The van der Waals surface area contributed by atoms with Gasteiger partial charge in [0.2, 0.25) is 0 Å². The maximum Gasteiger partial charge on any atom is 0.341 e. The van der Waals surface area contributed by atoms with E-state index in [1.807, 2.05) is 0 Å². The van der Waals surface area contributed by atoms with E-state index in [-0.39, 0.29) is 5.56 Å². The average Bonchev–Trinajstić information content (AvgIpc) is 2.73. The van der Waals surface area contributed by atoms with Crippen LogP contribution in [0.1, 0.15) is 30.6 Å². The van der Waals surface area contributed by atoms with E-state index >= 15 is 0 Å². The van der Waals surface area contributed by atoms with Gasteiger partial charge in [0.25, 0.3) is 0 Å². The molecule has 0 fully saturated rings. The van der Waals surface area contributed by atoms with Crippen molar-refractivity contribution in [2.24, 2.45) is 5.92 Å². The molecule has 0 aliphatic carbocycles. The summed E-state index contributed by atoms with van der Waals surface area (Å²) in [4.78, 5) is 15.0. The lowest BCUT2D eigenvalue weighted by Crippen LogP contribution is -2.09. The standard InChI is InChI=1S/C12H16N4O2/c1-8(2)3-5-13-10-4-6-14-11-9(12(17)18)7-15-16(10)11/h4,6-8,13H,3,5H2,1-2H3,(H,17,18). The van der Waals surface area contributed by atoms with Gasteiger partial charge in [0.1, 0.15) is 11.4 Å². The van der Waals surface area contributed by atoms with Gasteiger partial charge in [-0.15, -0.1) is 0 Å². The van der Waals surface area contributed by atoms with E-state index in [0.717, 1.165) is 18.8 Å². The molecule has 0 radical (unpaired) electrons. The molecule has 2 N–H and O–H groups in total. The smallest absolute Gasteiger partial charge is 0.341 e. The Labute approximate surface area is 105 Å². The van der Waals surface area contributed by atoms with Crippen molar-refractivity contribution < 1.29 is 9.90 Å². The number of anilines is 1. The van der Waals surface area contributed by atoms with Crippen LogP contribution in [0.15, 0.2) is 18.5 Å². The Morgan fingerprint density at radius 1 is 1.56 bits per heavy atom. The summed E-state index contributed by atoms with van der Waals surface area (Å²) >= 11 is 0. The maximum atomic E-state index is 11.0. The minimum Gasteiger partial charge on any atom is -0.477 e.